The van der Waals surface area contributed by atoms with Crippen LogP contribution in [0.2, 0.25) is 0 Å². The van der Waals surface area contributed by atoms with E-state index in [0.717, 1.165) is 16.4 Å². The smallest absolute Gasteiger partial charge is 0.264 e. The van der Waals surface area contributed by atoms with Crippen LogP contribution in [0.3, 0.4) is 0 Å². The van der Waals surface area contributed by atoms with Crippen LogP contribution < -0.4 is 16.4 Å². The Morgan fingerprint density at radius 2 is 1.88 bits per heavy atom. The van der Waals surface area contributed by atoms with Crippen molar-refractivity contribution in [1.82, 2.24) is 15.5 Å². The first-order chi connectivity index (χ1) is 15.4. The van der Waals surface area contributed by atoms with Gasteiger partial charge in [-0.05, 0) is 69.5 Å². The molecule has 1 aliphatic heterocycles. The van der Waals surface area contributed by atoms with Gasteiger partial charge in [0.15, 0.2) is 0 Å². The Morgan fingerprint density at radius 3 is 2.38 bits per heavy atom. The van der Waals surface area contributed by atoms with E-state index in [4.69, 9.17) is 5.73 Å². The molecule has 3 amide bonds. The van der Waals surface area contributed by atoms with E-state index in [1.54, 1.807) is 6.07 Å². The minimum absolute atomic E-state index is 0.0444. The van der Waals surface area contributed by atoms with Crippen molar-refractivity contribution in [1.29, 1.82) is 0 Å². The van der Waals surface area contributed by atoms with Gasteiger partial charge in [-0.1, -0.05) is 12.5 Å². The lowest BCUT2D eigenvalue weighted by Gasteiger charge is -2.47. The van der Waals surface area contributed by atoms with Crippen molar-refractivity contribution in [2.75, 3.05) is 19.8 Å². The Kier molecular flexibility index (Phi) is 7.66. The molecule has 2 fully saturated rings. The largest absolute Gasteiger partial charge is 0.398 e. The van der Waals surface area contributed by atoms with Crippen LogP contribution in [0.15, 0.2) is 18.2 Å². The molecule has 1 aromatic carbocycles. The summed E-state index contributed by atoms with van der Waals surface area (Å²) in [7, 11) is 3.57. The van der Waals surface area contributed by atoms with E-state index >= 15 is 0 Å². The van der Waals surface area contributed by atoms with Gasteiger partial charge in [-0.25, -0.2) is 0 Å². The molecule has 1 atom stereocenters. The molecule has 4 N–H and O–H groups in total. The normalized spacial score (nSPS) is 20.1. The number of amides is 3. The highest BCUT2D eigenvalue weighted by Crippen LogP contribution is 2.51. The van der Waals surface area contributed by atoms with Gasteiger partial charge in [0.25, 0.3) is 11.8 Å². The Balaban J connectivity index is 0.000000219. The number of hydrogen-bond donors (Lipinski definition) is 3. The minimum atomic E-state index is -0.978. The van der Waals surface area contributed by atoms with Crippen molar-refractivity contribution in [2.24, 2.45) is 5.41 Å². The van der Waals surface area contributed by atoms with E-state index in [2.05, 4.69) is 17.7 Å². The molecule has 2 saturated carbocycles. The van der Waals surface area contributed by atoms with Crippen LogP contribution in [0.5, 0.6) is 0 Å². The molecule has 8 heteroatoms. The number of anilines is 1. The van der Waals surface area contributed by atoms with Crippen LogP contribution in [-0.4, -0.2) is 55.1 Å². The van der Waals surface area contributed by atoms with Gasteiger partial charge in [-0.15, -0.1) is 0 Å². The van der Waals surface area contributed by atoms with Crippen molar-refractivity contribution in [3.05, 3.63) is 29.3 Å². The van der Waals surface area contributed by atoms with Gasteiger partial charge >= 0.3 is 0 Å². The Labute approximate surface area is 189 Å². The molecule has 0 saturated heterocycles. The van der Waals surface area contributed by atoms with Gasteiger partial charge in [-0.3, -0.25) is 19.3 Å². The maximum Gasteiger partial charge on any atom is 0.264 e. The third-order valence-electron chi connectivity index (χ3n) is 7.28. The number of carbonyl (C=O) groups excluding carboxylic acids is 4. The fourth-order valence-corrected chi connectivity index (χ4v) is 4.99. The second-order valence-electron chi connectivity index (χ2n) is 9.08. The molecule has 174 valence electrons. The zero-order chi connectivity index (χ0) is 23.3. The lowest BCUT2D eigenvalue weighted by molar-refractivity contribution is -0.121. The highest BCUT2D eigenvalue weighted by molar-refractivity contribution is 6.24. The van der Waals surface area contributed by atoms with Gasteiger partial charge in [0.05, 0.1) is 17.2 Å². The number of hydrogen-bond acceptors (Lipinski definition) is 6. The molecule has 3 aliphatic rings. The summed E-state index contributed by atoms with van der Waals surface area (Å²) < 4.78 is 0. The molecule has 1 spiro atoms. The summed E-state index contributed by atoms with van der Waals surface area (Å²) in [6.45, 7) is 0. The average molecular weight is 443 g/mol. The van der Waals surface area contributed by atoms with Crippen LogP contribution in [0.25, 0.3) is 0 Å². The molecular weight excluding hydrogens is 408 g/mol. The van der Waals surface area contributed by atoms with Crippen LogP contribution in [0, 0.1) is 5.41 Å². The first kappa shape index (κ1) is 23.9. The zero-order valence-corrected chi connectivity index (χ0v) is 19.0. The molecule has 0 bridgehead atoms. The highest BCUT2D eigenvalue weighted by Gasteiger charge is 2.41. The number of carbonyl (C=O) groups is 4. The standard InChI is InChI=1S/C14H15N3O4.C10H19N/c1-16-11(19)6-5-8(7-18)17-13(20)9-3-2-4-10(15)12(9)14(17)21;1-11-9-3-7-10(8-4-9)5-2-6-10/h2-4,7-8H,5-6,15H2,1H3,(H,16,19);9,11H,2-8H2,1H3. The number of imide groups is 1. The molecule has 0 radical (unpaired) electrons. The zero-order valence-electron chi connectivity index (χ0n) is 19.0. The molecule has 0 aromatic heterocycles. The maximum absolute atomic E-state index is 12.3. The van der Waals surface area contributed by atoms with E-state index in [0.29, 0.717) is 6.29 Å². The van der Waals surface area contributed by atoms with Crippen molar-refractivity contribution in [3.8, 4) is 0 Å². The van der Waals surface area contributed by atoms with E-state index < -0.39 is 17.9 Å². The quantitative estimate of drug-likeness (QED) is 0.353. The molecule has 1 unspecified atom stereocenters. The summed E-state index contributed by atoms with van der Waals surface area (Å²) in [5.41, 5.74) is 7.07. The SMILES string of the molecule is CNC(=O)CCC(C=O)N1C(=O)c2cccc(N)c2C1=O.CNC1CCC2(CCC2)CC1. The number of fused-ring (bicyclic) bond motifs is 1. The van der Waals surface area contributed by atoms with Crippen LogP contribution >= 0.6 is 0 Å². The van der Waals surface area contributed by atoms with E-state index in [1.165, 1.54) is 64.1 Å². The van der Waals surface area contributed by atoms with Gasteiger partial charge in [0.2, 0.25) is 5.91 Å². The van der Waals surface area contributed by atoms with Gasteiger partial charge in [-0.2, -0.15) is 0 Å². The summed E-state index contributed by atoms with van der Waals surface area (Å²) >= 11 is 0. The topological polar surface area (TPSA) is 122 Å². The third kappa shape index (κ3) is 4.85. The fraction of sp³-hybridized carbons (Fsp3) is 0.583. The van der Waals surface area contributed by atoms with Crippen LogP contribution in [-0.2, 0) is 9.59 Å². The molecule has 1 heterocycles. The summed E-state index contributed by atoms with van der Waals surface area (Å²) in [6, 6.07) is 4.44. The monoisotopic (exact) mass is 442 g/mol. The Bertz CT molecular complexity index is 871. The third-order valence-corrected chi connectivity index (χ3v) is 7.28. The average Bonchev–Trinajstić information content (AvgIpc) is 3.05. The van der Waals surface area contributed by atoms with Crippen molar-refractivity contribution in [3.63, 3.8) is 0 Å². The number of nitrogens with two attached hydrogens (primary N) is 1. The van der Waals surface area contributed by atoms with Crippen molar-refractivity contribution in [2.45, 2.75) is 69.9 Å². The van der Waals surface area contributed by atoms with E-state index in [9.17, 15) is 19.2 Å². The lowest BCUT2D eigenvalue weighted by atomic mass is 9.60. The molecule has 1 aromatic rings. The second-order valence-corrected chi connectivity index (χ2v) is 9.08. The van der Waals surface area contributed by atoms with Gasteiger partial charge in [0, 0.05) is 25.2 Å². The maximum atomic E-state index is 12.3. The summed E-state index contributed by atoms with van der Waals surface area (Å²) in [5, 5.41) is 5.81. The predicted octanol–water partition coefficient (Wildman–Crippen LogP) is 2.28. The Morgan fingerprint density at radius 1 is 1.19 bits per heavy atom. The number of nitrogens with zero attached hydrogens (tertiary/aromatic N) is 1. The number of nitrogens with one attached hydrogen (secondary N) is 2. The first-order valence-corrected chi connectivity index (χ1v) is 11.5. The fourth-order valence-electron chi connectivity index (χ4n) is 4.99. The predicted molar refractivity (Wildman–Crippen MR) is 122 cm³/mol. The Hall–Kier alpha value is -2.74. The molecule has 4 rings (SSSR count). The van der Waals surface area contributed by atoms with Crippen LogP contribution in [0.1, 0.15) is 78.5 Å². The second kappa shape index (κ2) is 10.3. The molecular formula is C24H34N4O4. The minimum Gasteiger partial charge on any atom is -0.398 e. The van der Waals surface area contributed by atoms with Crippen molar-refractivity contribution < 1.29 is 19.2 Å². The summed E-state index contributed by atoms with van der Waals surface area (Å²) in [6.07, 6.45) is 11.0. The molecule has 8 nitrogen and oxygen atoms in total. The number of rotatable bonds is 6. The lowest BCUT2D eigenvalue weighted by Crippen LogP contribution is -2.41. The summed E-state index contributed by atoms with van der Waals surface area (Å²) in [4.78, 5) is 47.9. The molecule has 32 heavy (non-hydrogen) atoms. The van der Waals surface area contributed by atoms with Gasteiger partial charge in [0.1, 0.15) is 6.29 Å². The number of aldehydes is 1. The van der Waals surface area contributed by atoms with Crippen LogP contribution in [0.4, 0.5) is 5.69 Å². The van der Waals surface area contributed by atoms with Crippen molar-refractivity contribution >= 4 is 29.7 Å². The first-order valence-electron chi connectivity index (χ1n) is 11.5. The highest BCUT2D eigenvalue weighted by atomic mass is 16.2. The van der Waals surface area contributed by atoms with Gasteiger partial charge < -0.3 is 21.2 Å². The van der Waals surface area contributed by atoms with E-state index in [-0.39, 0.29) is 35.6 Å². The summed E-state index contributed by atoms with van der Waals surface area (Å²) in [5.74, 6) is -1.42. The number of benzene rings is 1. The molecule has 2 aliphatic carbocycles. The number of nitrogen functional groups attached to an aromatic ring is 1. The van der Waals surface area contributed by atoms with E-state index in [1.807, 2.05) is 0 Å².